The topological polar surface area (TPSA) is 37.8 Å². The predicted molar refractivity (Wildman–Crippen MR) is 74.8 cm³/mol. The number of rotatable bonds is 1. The summed E-state index contributed by atoms with van der Waals surface area (Å²) in [6.07, 6.45) is 3.80. The Bertz CT molecular complexity index is 403. The molecule has 1 aromatic rings. The molecule has 0 saturated carbocycles. The average molecular weight is 247 g/mol. The van der Waals surface area contributed by atoms with Crippen LogP contribution in [0.2, 0.25) is 0 Å². The van der Waals surface area contributed by atoms with Crippen LogP contribution in [-0.4, -0.2) is 16.5 Å². The van der Waals surface area contributed by atoms with Gasteiger partial charge in [-0.3, -0.25) is 0 Å². The Hall–Kier alpha value is -0.960. The van der Waals surface area contributed by atoms with Gasteiger partial charge in [0.1, 0.15) is 5.82 Å². The maximum Gasteiger partial charge on any atom is 0.134 e. The lowest BCUT2D eigenvalue weighted by atomic mass is 9.92. The summed E-state index contributed by atoms with van der Waals surface area (Å²) in [5, 5.41) is 3.60. The molecule has 0 aliphatic carbocycles. The maximum absolute atomic E-state index is 4.73. The minimum Gasteiger partial charge on any atom is -0.310 e. The fraction of sp³-hybridized carbons (Fsp3) is 0.733. The van der Waals surface area contributed by atoms with Gasteiger partial charge in [0.05, 0.1) is 0 Å². The molecule has 1 aliphatic heterocycles. The number of hydrogen-bond acceptors (Lipinski definition) is 3. The van der Waals surface area contributed by atoms with Crippen molar-refractivity contribution < 1.29 is 0 Å². The molecule has 1 aliphatic rings. The van der Waals surface area contributed by atoms with Crippen LogP contribution in [0.25, 0.3) is 0 Å². The third-order valence-electron chi connectivity index (χ3n) is 3.66. The molecule has 1 atom stereocenters. The molecule has 1 fully saturated rings. The van der Waals surface area contributed by atoms with Crippen LogP contribution in [0.3, 0.4) is 0 Å². The quantitative estimate of drug-likeness (QED) is 0.828. The van der Waals surface area contributed by atoms with E-state index >= 15 is 0 Å². The minimum atomic E-state index is 0.0219. The zero-order chi connectivity index (χ0) is 13.3. The van der Waals surface area contributed by atoms with Crippen molar-refractivity contribution in [1.29, 1.82) is 0 Å². The second-order valence-electron chi connectivity index (χ2n) is 6.38. The van der Waals surface area contributed by atoms with Crippen molar-refractivity contribution >= 4 is 0 Å². The standard InChI is InChI=1S/C15H25N3/c1-10-13(12-8-6-7-9-16-12)11(2)18-14(17-10)15(3,4)5/h12,16H,6-9H2,1-5H3. The number of aryl methyl sites for hydroxylation is 2. The summed E-state index contributed by atoms with van der Waals surface area (Å²) in [4.78, 5) is 9.46. The van der Waals surface area contributed by atoms with E-state index in [9.17, 15) is 0 Å². The Kier molecular flexibility index (Phi) is 3.71. The van der Waals surface area contributed by atoms with Gasteiger partial charge < -0.3 is 5.32 Å². The van der Waals surface area contributed by atoms with Crippen LogP contribution < -0.4 is 5.32 Å². The van der Waals surface area contributed by atoms with Crippen molar-refractivity contribution in [1.82, 2.24) is 15.3 Å². The van der Waals surface area contributed by atoms with Gasteiger partial charge in [-0.1, -0.05) is 27.2 Å². The molecular formula is C15H25N3. The summed E-state index contributed by atoms with van der Waals surface area (Å²) in [6, 6.07) is 0.452. The lowest BCUT2D eigenvalue weighted by Crippen LogP contribution is -2.29. The molecule has 1 N–H and O–H groups in total. The molecule has 0 aromatic carbocycles. The van der Waals surface area contributed by atoms with Gasteiger partial charge in [-0.2, -0.15) is 0 Å². The Morgan fingerprint density at radius 2 is 1.67 bits per heavy atom. The molecule has 1 saturated heterocycles. The molecule has 3 heteroatoms. The molecule has 0 spiro atoms. The SMILES string of the molecule is Cc1nc(C(C)(C)C)nc(C)c1C1CCCCN1. The summed E-state index contributed by atoms with van der Waals surface area (Å²) in [5.41, 5.74) is 3.63. The Balaban J connectivity index is 2.37. The van der Waals surface area contributed by atoms with Crippen molar-refractivity contribution in [2.45, 2.75) is 65.3 Å². The van der Waals surface area contributed by atoms with Crippen LogP contribution in [0.5, 0.6) is 0 Å². The van der Waals surface area contributed by atoms with Crippen molar-refractivity contribution in [2.75, 3.05) is 6.54 Å². The Morgan fingerprint density at radius 1 is 1.06 bits per heavy atom. The molecule has 0 radical (unpaired) electrons. The number of nitrogens with zero attached hydrogens (tertiary/aromatic N) is 2. The summed E-state index contributed by atoms with van der Waals surface area (Å²) in [6.45, 7) is 11.9. The second-order valence-corrected chi connectivity index (χ2v) is 6.38. The van der Waals surface area contributed by atoms with Crippen molar-refractivity contribution in [3.8, 4) is 0 Å². The van der Waals surface area contributed by atoms with E-state index in [2.05, 4.69) is 39.9 Å². The minimum absolute atomic E-state index is 0.0219. The van der Waals surface area contributed by atoms with Gasteiger partial charge in [0.15, 0.2) is 0 Å². The third-order valence-corrected chi connectivity index (χ3v) is 3.66. The molecule has 0 amide bonds. The molecule has 2 heterocycles. The van der Waals surface area contributed by atoms with E-state index in [1.165, 1.54) is 24.8 Å². The summed E-state index contributed by atoms with van der Waals surface area (Å²) >= 11 is 0. The fourth-order valence-corrected chi connectivity index (χ4v) is 2.66. The number of hydrogen-bond donors (Lipinski definition) is 1. The fourth-order valence-electron chi connectivity index (χ4n) is 2.66. The zero-order valence-corrected chi connectivity index (χ0v) is 12.3. The lowest BCUT2D eigenvalue weighted by Gasteiger charge is -2.27. The highest BCUT2D eigenvalue weighted by molar-refractivity contribution is 5.29. The van der Waals surface area contributed by atoms with E-state index < -0.39 is 0 Å². The molecule has 1 unspecified atom stereocenters. The van der Waals surface area contributed by atoms with Gasteiger partial charge in [-0.05, 0) is 33.2 Å². The monoisotopic (exact) mass is 247 g/mol. The lowest BCUT2D eigenvalue weighted by molar-refractivity contribution is 0.406. The molecule has 100 valence electrons. The third kappa shape index (κ3) is 2.72. The first-order valence-corrected chi connectivity index (χ1v) is 6.98. The van der Waals surface area contributed by atoms with Crippen LogP contribution in [0.15, 0.2) is 0 Å². The van der Waals surface area contributed by atoms with Gasteiger partial charge in [0.2, 0.25) is 0 Å². The molecular weight excluding hydrogens is 222 g/mol. The van der Waals surface area contributed by atoms with Gasteiger partial charge in [-0.25, -0.2) is 9.97 Å². The smallest absolute Gasteiger partial charge is 0.134 e. The van der Waals surface area contributed by atoms with Gasteiger partial charge in [0, 0.05) is 28.4 Å². The van der Waals surface area contributed by atoms with E-state index in [0.717, 1.165) is 23.8 Å². The predicted octanol–water partition coefficient (Wildman–Crippen LogP) is 3.21. The summed E-state index contributed by atoms with van der Waals surface area (Å²) in [5.74, 6) is 0.956. The van der Waals surface area contributed by atoms with E-state index in [0.29, 0.717) is 6.04 Å². The summed E-state index contributed by atoms with van der Waals surface area (Å²) < 4.78 is 0. The first-order chi connectivity index (χ1) is 8.39. The number of piperidine rings is 1. The first kappa shape index (κ1) is 13.5. The Morgan fingerprint density at radius 3 is 2.11 bits per heavy atom. The highest BCUT2D eigenvalue weighted by Gasteiger charge is 2.24. The molecule has 3 nitrogen and oxygen atoms in total. The molecule has 18 heavy (non-hydrogen) atoms. The van der Waals surface area contributed by atoms with Crippen LogP contribution >= 0.6 is 0 Å². The maximum atomic E-state index is 4.73. The van der Waals surface area contributed by atoms with Crippen LogP contribution in [-0.2, 0) is 5.41 Å². The summed E-state index contributed by atoms with van der Waals surface area (Å²) in [7, 11) is 0. The highest BCUT2D eigenvalue weighted by Crippen LogP contribution is 2.28. The van der Waals surface area contributed by atoms with Gasteiger partial charge in [-0.15, -0.1) is 0 Å². The van der Waals surface area contributed by atoms with Crippen LogP contribution in [0.4, 0.5) is 0 Å². The number of aromatic nitrogens is 2. The second kappa shape index (κ2) is 4.96. The van der Waals surface area contributed by atoms with E-state index in [-0.39, 0.29) is 5.41 Å². The number of nitrogens with one attached hydrogen (secondary N) is 1. The van der Waals surface area contributed by atoms with E-state index in [1.54, 1.807) is 0 Å². The van der Waals surface area contributed by atoms with Crippen molar-refractivity contribution in [3.63, 3.8) is 0 Å². The molecule has 1 aromatic heterocycles. The van der Waals surface area contributed by atoms with E-state index in [1.807, 2.05) is 0 Å². The van der Waals surface area contributed by atoms with Crippen molar-refractivity contribution in [3.05, 3.63) is 22.8 Å². The van der Waals surface area contributed by atoms with E-state index in [4.69, 9.17) is 9.97 Å². The largest absolute Gasteiger partial charge is 0.310 e. The van der Waals surface area contributed by atoms with Gasteiger partial charge >= 0.3 is 0 Å². The molecule has 0 bridgehead atoms. The first-order valence-electron chi connectivity index (χ1n) is 6.98. The molecule has 2 rings (SSSR count). The zero-order valence-electron chi connectivity index (χ0n) is 12.3. The van der Waals surface area contributed by atoms with Gasteiger partial charge in [0.25, 0.3) is 0 Å². The Labute approximate surface area is 110 Å². The average Bonchev–Trinajstić information content (AvgIpc) is 2.28. The highest BCUT2D eigenvalue weighted by atomic mass is 15.0. The van der Waals surface area contributed by atoms with Crippen LogP contribution in [0.1, 0.15) is 68.9 Å². The van der Waals surface area contributed by atoms with Crippen LogP contribution in [0, 0.1) is 13.8 Å². The normalized spacial score (nSPS) is 21.1. The van der Waals surface area contributed by atoms with Crippen molar-refractivity contribution in [2.24, 2.45) is 0 Å².